The van der Waals surface area contributed by atoms with Crippen LogP contribution in [0.2, 0.25) is 0 Å². The first kappa shape index (κ1) is 15.9. The lowest BCUT2D eigenvalue weighted by molar-refractivity contribution is -0.121. The summed E-state index contributed by atoms with van der Waals surface area (Å²) >= 11 is 0.613. The minimum atomic E-state index is -4.07. The molecule has 1 fully saturated rings. The number of aliphatic hydroxyl groups excluding tert-OH is 1. The van der Waals surface area contributed by atoms with E-state index in [1.807, 2.05) is 0 Å². The van der Waals surface area contributed by atoms with Crippen LogP contribution in [-0.4, -0.2) is 53.5 Å². The zero-order valence-corrected chi connectivity index (χ0v) is 12.6. The van der Waals surface area contributed by atoms with E-state index in [-0.39, 0.29) is 22.1 Å². The number of aromatic carboxylic acids is 1. The Labute approximate surface area is 124 Å². The summed E-state index contributed by atoms with van der Waals surface area (Å²) in [6, 6.07) is 0.118. The number of β-amino-alcohol motifs (C(OH)–C–C–N with tert-alkyl or cyclic N) is 1. The van der Waals surface area contributed by atoms with Crippen molar-refractivity contribution in [1.29, 1.82) is 0 Å². The number of nitrogens with two attached hydrogens (primary N) is 1. The van der Waals surface area contributed by atoms with Gasteiger partial charge in [-0.2, -0.15) is 4.31 Å². The summed E-state index contributed by atoms with van der Waals surface area (Å²) in [5.41, 5.74) is 5.48. The maximum absolute atomic E-state index is 12.5. The van der Waals surface area contributed by atoms with Gasteiger partial charge < -0.3 is 15.9 Å². The summed E-state index contributed by atoms with van der Waals surface area (Å²) in [5.74, 6) is -2.06. The van der Waals surface area contributed by atoms with Gasteiger partial charge in [0.25, 0.3) is 10.0 Å². The molecule has 1 aromatic rings. The SMILES string of the molecule is Cc1cc(S(=O)(=O)N2CC(O)CC2C(N)=O)sc1C(=O)O. The van der Waals surface area contributed by atoms with E-state index in [9.17, 15) is 23.1 Å². The van der Waals surface area contributed by atoms with Gasteiger partial charge in [0, 0.05) is 13.0 Å². The highest BCUT2D eigenvalue weighted by Crippen LogP contribution is 2.32. The number of amides is 1. The van der Waals surface area contributed by atoms with Crippen molar-refractivity contribution in [2.75, 3.05) is 6.54 Å². The Balaban J connectivity index is 2.44. The molecule has 4 N–H and O–H groups in total. The largest absolute Gasteiger partial charge is 0.477 e. The molecule has 0 saturated carbocycles. The van der Waals surface area contributed by atoms with Gasteiger partial charge in [-0.15, -0.1) is 11.3 Å². The third-order valence-electron chi connectivity index (χ3n) is 3.21. The summed E-state index contributed by atoms with van der Waals surface area (Å²) in [6.07, 6.45) is -1.04. The number of hydrogen-bond acceptors (Lipinski definition) is 6. The molecule has 8 nitrogen and oxygen atoms in total. The first-order valence-corrected chi connectivity index (χ1v) is 8.23. The molecule has 1 saturated heterocycles. The van der Waals surface area contributed by atoms with Gasteiger partial charge in [-0.1, -0.05) is 0 Å². The van der Waals surface area contributed by atoms with E-state index >= 15 is 0 Å². The molecule has 0 aromatic carbocycles. The van der Waals surface area contributed by atoms with E-state index < -0.39 is 34.0 Å². The number of carbonyl (C=O) groups excluding carboxylic acids is 1. The number of sulfonamides is 1. The van der Waals surface area contributed by atoms with Crippen LogP contribution >= 0.6 is 11.3 Å². The normalized spacial score (nSPS) is 23.3. The Morgan fingerprint density at radius 2 is 2.10 bits per heavy atom. The third kappa shape index (κ3) is 2.79. The second-order valence-corrected chi connectivity index (χ2v) is 7.93. The van der Waals surface area contributed by atoms with Crippen LogP contribution in [0, 0.1) is 6.92 Å². The van der Waals surface area contributed by atoms with Gasteiger partial charge in [-0.05, 0) is 18.6 Å². The number of carboxylic acid groups (broad SMARTS) is 1. The number of rotatable bonds is 4. The van der Waals surface area contributed by atoms with Gasteiger partial charge in [0.1, 0.15) is 15.1 Å². The van der Waals surface area contributed by atoms with E-state index in [2.05, 4.69) is 0 Å². The molecule has 0 radical (unpaired) electrons. The molecule has 10 heteroatoms. The van der Waals surface area contributed by atoms with E-state index in [0.717, 1.165) is 4.31 Å². The van der Waals surface area contributed by atoms with Crippen molar-refractivity contribution < 1.29 is 28.2 Å². The monoisotopic (exact) mass is 334 g/mol. The molecule has 2 unspecified atom stereocenters. The Morgan fingerprint density at radius 3 is 2.57 bits per heavy atom. The van der Waals surface area contributed by atoms with Crippen LogP contribution < -0.4 is 5.73 Å². The van der Waals surface area contributed by atoms with Gasteiger partial charge in [-0.3, -0.25) is 4.79 Å². The van der Waals surface area contributed by atoms with Crippen LogP contribution in [0.3, 0.4) is 0 Å². The lowest BCUT2D eigenvalue weighted by Crippen LogP contribution is -2.43. The fraction of sp³-hybridized carbons (Fsp3) is 0.455. The van der Waals surface area contributed by atoms with Crippen LogP contribution in [0.15, 0.2) is 10.3 Å². The Bertz CT molecular complexity index is 696. The molecule has 1 amide bonds. The van der Waals surface area contributed by atoms with Crippen LogP contribution in [0.4, 0.5) is 0 Å². The number of hydrogen-bond donors (Lipinski definition) is 3. The van der Waals surface area contributed by atoms with Crippen molar-refractivity contribution in [3.05, 3.63) is 16.5 Å². The second-order valence-electron chi connectivity index (χ2n) is 4.77. The number of aliphatic hydroxyl groups is 1. The highest BCUT2D eigenvalue weighted by Gasteiger charge is 2.43. The van der Waals surface area contributed by atoms with E-state index in [1.54, 1.807) is 0 Å². The maximum atomic E-state index is 12.5. The fourth-order valence-corrected chi connectivity index (χ4v) is 5.37. The summed E-state index contributed by atoms with van der Waals surface area (Å²) < 4.78 is 25.7. The van der Waals surface area contributed by atoms with E-state index in [1.165, 1.54) is 13.0 Å². The van der Waals surface area contributed by atoms with Gasteiger partial charge >= 0.3 is 5.97 Å². The number of aryl methyl sites for hydroxylation is 1. The predicted octanol–water partition coefficient (Wildman–Crippen LogP) is -0.636. The number of carboxylic acids is 1. The molecular formula is C11H14N2O6S2. The quantitative estimate of drug-likeness (QED) is 0.670. The van der Waals surface area contributed by atoms with Crippen molar-refractivity contribution >= 4 is 33.2 Å². The van der Waals surface area contributed by atoms with Gasteiger partial charge in [0.2, 0.25) is 5.91 Å². The third-order valence-corrected chi connectivity index (χ3v) is 6.76. The minimum Gasteiger partial charge on any atom is -0.477 e. The first-order valence-electron chi connectivity index (χ1n) is 5.97. The van der Waals surface area contributed by atoms with Gasteiger partial charge in [0.15, 0.2) is 0 Å². The van der Waals surface area contributed by atoms with Crippen LogP contribution in [-0.2, 0) is 14.8 Å². The molecule has 116 valence electrons. The number of primary amides is 1. The van der Waals surface area contributed by atoms with E-state index in [4.69, 9.17) is 10.8 Å². The Hall–Kier alpha value is -1.49. The zero-order chi connectivity index (χ0) is 15.9. The second kappa shape index (κ2) is 5.37. The smallest absolute Gasteiger partial charge is 0.346 e. The molecule has 2 rings (SSSR count). The molecule has 0 bridgehead atoms. The lowest BCUT2D eigenvalue weighted by Gasteiger charge is -2.20. The summed E-state index contributed by atoms with van der Waals surface area (Å²) in [6.45, 7) is 1.25. The van der Waals surface area contributed by atoms with Crippen molar-refractivity contribution in [2.45, 2.75) is 29.7 Å². The zero-order valence-electron chi connectivity index (χ0n) is 11.0. The standard InChI is InChI=1S/C11H14N2O6S2/c1-5-2-8(20-9(5)11(16)17)21(18,19)13-4-6(14)3-7(13)10(12)15/h2,6-7,14H,3-4H2,1H3,(H2,12,15)(H,16,17). The molecular weight excluding hydrogens is 320 g/mol. The van der Waals surface area contributed by atoms with Crippen molar-refractivity contribution in [3.8, 4) is 0 Å². The Morgan fingerprint density at radius 1 is 1.48 bits per heavy atom. The fourth-order valence-electron chi connectivity index (χ4n) is 2.22. The summed E-state index contributed by atoms with van der Waals surface area (Å²) in [7, 11) is -4.07. The minimum absolute atomic E-state index is 0.0648. The molecule has 1 aliphatic rings. The predicted molar refractivity (Wildman–Crippen MR) is 73.5 cm³/mol. The van der Waals surface area contributed by atoms with Gasteiger partial charge in [-0.25, -0.2) is 13.2 Å². The highest BCUT2D eigenvalue weighted by molar-refractivity contribution is 7.91. The van der Waals surface area contributed by atoms with Gasteiger partial charge in [0.05, 0.1) is 6.10 Å². The number of nitrogens with zero attached hydrogens (tertiary/aromatic N) is 1. The number of carbonyl (C=O) groups is 2. The molecule has 2 atom stereocenters. The molecule has 1 aromatic heterocycles. The summed E-state index contributed by atoms with van der Waals surface area (Å²) in [4.78, 5) is 22.2. The lowest BCUT2D eigenvalue weighted by atomic mass is 10.2. The maximum Gasteiger partial charge on any atom is 0.346 e. The molecule has 0 aliphatic carbocycles. The van der Waals surface area contributed by atoms with Crippen molar-refractivity contribution in [2.24, 2.45) is 5.73 Å². The van der Waals surface area contributed by atoms with E-state index in [0.29, 0.717) is 16.9 Å². The molecule has 2 heterocycles. The topological polar surface area (TPSA) is 138 Å². The Kier molecular flexibility index (Phi) is 4.06. The first-order chi connectivity index (χ1) is 9.64. The highest BCUT2D eigenvalue weighted by atomic mass is 32.2. The average molecular weight is 334 g/mol. The van der Waals surface area contributed by atoms with Crippen molar-refractivity contribution in [1.82, 2.24) is 4.31 Å². The molecule has 0 spiro atoms. The van der Waals surface area contributed by atoms with Crippen molar-refractivity contribution in [3.63, 3.8) is 0 Å². The summed E-state index contributed by atoms with van der Waals surface area (Å²) in [5, 5.41) is 18.6. The molecule has 1 aliphatic heterocycles. The number of thiophene rings is 1. The van der Waals surface area contributed by atoms with Crippen LogP contribution in [0.1, 0.15) is 21.7 Å². The average Bonchev–Trinajstić information content (AvgIpc) is 2.93. The van der Waals surface area contributed by atoms with Crippen LogP contribution in [0.25, 0.3) is 0 Å². The molecule has 21 heavy (non-hydrogen) atoms. The van der Waals surface area contributed by atoms with Crippen LogP contribution in [0.5, 0.6) is 0 Å².